The van der Waals surface area contributed by atoms with Crippen molar-refractivity contribution in [2.24, 2.45) is 5.73 Å². The molecule has 2 aromatic carbocycles. The molecule has 1 heterocycles. The van der Waals surface area contributed by atoms with E-state index in [9.17, 15) is 5.11 Å². The summed E-state index contributed by atoms with van der Waals surface area (Å²) in [4.78, 5) is 0. The molecule has 0 aliphatic rings. The smallest absolute Gasteiger partial charge is 0.0695 e. The number of hydrogen-bond acceptors (Lipinski definition) is 3. The van der Waals surface area contributed by atoms with Crippen LogP contribution in [0.25, 0.3) is 22.0 Å². The van der Waals surface area contributed by atoms with Gasteiger partial charge in [-0.25, -0.2) is 0 Å². The molecule has 6 heteroatoms. The first kappa shape index (κ1) is 19.5. The second-order valence-corrected chi connectivity index (χ2v) is 5.88. The van der Waals surface area contributed by atoms with Crippen molar-refractivity contribution in [1.82, 2.24) is 10.2 Å². The Morgan fingerprint density at radius 2 is 1.74 bits per heavy atom. The van der Waals surface area contributed by atoms with E-state index < -0.39 is 0 Å². The van der Waals surface area contributed by atoms with Crippen LogP contribution in [-0.4, -0.2) is 15.3 Å². The Morgan fingerprint density at radius 3 is 2.30 bits per heavy atom. The predicted octanol–water partition coefficient (Wildman–Crippen LogP) is 3.76. The molecule has 3 rings (SSSR count). The van der Waals surface area contributed by atoms with Gasteiger partial charge in [0.25, 0.3) is 0 Å². The Kier molecular flexibility index (Phi) is 6.19. The minimum Gasteiger partial charge on any atom is -0.392 e. The minimum absolute atomic E-state index is 0. The lowest BCUT2D eigenvalue weighted by atomic mass is 9.92. The first-order valence-corrected chi connectivity index (χ1v) is 6.96. The summed E-state index contributed by atoms with van der Waals surface area (Å²) in [7, 11) is 0. The van der Waals surface area contributed by atoms with Gasteiger partial charge < -0.3 is 10.8 Å². The van der Waals surface area contributed by atoms with Gasteiger partial charge in [0.05, 0.1) is 18.3 Å². The maximum atomic E-state index is 9.72. The maximum absolute atomic E-state index is 9.72. The Balaban J connectivity index is 0.00000132. The van der Waals surface area contributed by atoms with Gasteiger partial charge in [0.2, 0.25) is 0 Å². The molecule has 1 aromatic heterocycles. The van der Waals surface area contributed by atoms with Crippen molar-refractivity contribution < 1.29 is 5.11 Å². The predicted molar refractivity (Wildman–Crippen MR) is 99.2 cm³/mol. The van der Waals surface area contributed by atoms with Gasteiger partial charge in [0, 0.05) is 10.9 Å². The Bertz CT molecular complexity index is 777. The van der Waals surface area contributed by atoms with E-state index in [0.29, 0.717) is 0 Å². The summed E-state index contributed by atoms with van der Waals surface area (Å²) in [6.45, 7) is 3.95. The van der Waals surface area contributed by atoms with E-state index in [4.69, 9.17) is 5.73 Å². The molecule has 4 nitrogen and oxygen atoms in total. The molecule has 4 N–H and O–H groups in total. The normalized spacial score (nSPS) is 11.0. The summed E-state index contributed by atoms with van der Waals surface area (Å²) < 4.78 is 0. The Labute approximate surface area is 147 Å². The van der Waals surface area contributed by atoms with Gasteiger partial charge in [-0.1, -0.05) is 30.3 Å². The summed E-state index contributed by atoms with van der Waals surface area (Å²) >= 11 is 0. The highest BCUT2D eigenvalue weighted by Crippen LogP contribution is 2.30. The number of halogens is 2. The van der Waals surface area contributed by atoms with Crippen LogP contribution in [0.4, 0.5) is 0 Å². The fraction of sp³-hybridized carbons (Fsp3) is 0.235. The fourth-order valence-corrected chi connectivity index (χ4v) is 2.60. The molecule has 0 aliphatic carbocycles. The quantitative estimate of drug-likeness (QED) is 0.670. The van der Waals surface area contributed by atoms with E-state index in [0.717, 1.165) is 33.2 Å². The van der Waals surface area contributed by atoms with Crippen LogP contribution >= 0.6 is 24.8 Å². The first-order valence-electron chi connectivity index (χ1n) is 6.96. The van der Waals surface area contributed by atoms with Crippen molar-refractivity contribution in [1.29, 1.82) is 0 Å². The number of rotatable bonds is 3. The molecule has 0 saturated heterocycles. The van der Waals surface area contributed by atoms with Crippen molar-refractivity contribution >= 4 is 35.7 Å². The van der Waals surface area contributed by atoms with E-state index >= 15 is 0 Å². The van der Waals surface area contributed by atoms with Crippen molar-refractivity contribution in [3.63, 3.8) is 0 Å². The van der Waals surface area contributed by atoms with Gasteiger partial charge in [-0.05, 0) is 42.2 Å². The van der Waals surface area contributed by atoms with E-state index in [1.807, 2.05) is 50.2 Å². The summed E-state index contributed by atoms with van der Waals surface area (Å²) in [6, 6.07) is 12.2. The highest BCUT2D eigenvalue weighted by molar-refractivity contribution is 5.89. The number of nitrogens with zero attached hydrogens (tertiary/aromatic N) is 1. The molecule has 23 heavy (non-hydrogen) atoms. The Morgan fingerprint density at radius 1 is 1.09 bits per heavy atom. The molecule has 0 radical (unpaired) electrons. The van der Waals surface area contributed by atoms with Gasteiger partial charge >= 0.3 is 0 Å². The van der Waals surface area contributed by atoms with Gasteiger partial charge in [-0.2, -0.15) is 5.10 Å². The lowest BCUT2D eigenvalue weighted by molar-refractivity contribution is 0.284. The average Bonchev–Trinajstić information content (AvgIpc) is 2.94. The van der Waals surface area contributed by atoms with Crippen molar-refractivity contribution in [3.8, 4) is 11.1 Å². The number of nitrogens with one attached hydrogen (secondary N) is 1. The highest BCUT2D eigenvalue weighted by atomic mass is 35.5. The molecule has 124 valence electrons. The monoisotopic (exact) mass is 353 g/mol. The van der Waals surface area contributed by atoms with Crippen LogP contribution in [0, 0.1) is 0 Å². The summed E-state index contributed by atoms with van der Waals surface area (Å²) in [5, 5.41) is 17.6. The summed E-state index contributed by atoms with van der Waals surface area (Å²) in [6.07, 6.45) is 1.75. The topological polar surface area (TPSA) is 74.9 Å². The second kappa shape index (κ2) is 7.32. The number of fused-ring (bicyclic) bond motifs is 1. The molecular weight excluding hydrogens is 333 g/mol. The fourth-order valence-electron chi connectivity index (χ4n) is 2.60. The third-order valence-corrected chi connectivity index (χ3v) is 3.83. The largest absolute Gasteiger partial charge is 0.392 e. The maximum Gasteiger partial charge on any atom is 0.0695 e. The molecule has 0 spiro atoms. The van der Waals surface area contributed by atoms with E-state index in [1.165, 1.54) is 0 Å². The third-order valence-electron chi connectivity index (χ3n) is 3.83. The molecule has 0 bridgehead atoms. The molecule has 0 unspecified atom stereocenters. The van der Waals surface area contributed by atoms with Crippen LogP contribution in [-0.2, 0) is 12.1 Å². The van der Waals surface area contributed by atoms with Crippen molar-refractivity contribution in [3.05, 3.63) is 53.7 Å². The number of H-pyrrole nitrogens is 1. The molecule has 0 fully saturated rings. The van der Waals surface area contributed by atoms with Gasteiger partial charge in [-0.3, -0.25) is 5.10 Å². The average molecular weight is 354 g/mol. The van der Waals surface area contributed by atoms with Crippen LogP contribution in [0.3, 0.4) is 0 Å². The van der Waals surface area contributed by atoms with Gasteiger partial charge in [-0.15, -0.1) is 24.8 Å². The number of aromatic amines is 1. The molecule has 0 aliphatic heterocycles. The Hall–Kier alpha value is -1.59. The summed E-state index contributed by atoms with van der Waals surface area (Å²) in [5.74, 6) is 0. The standard InChI is InChI=1S/C17H19N3O.2ClH/c1-17(2,18)12-5-3-11(4-6-12)13-7-8-16-14(9-19-20-16)15(13)10-21;;/h3-9,21H,10,18H2,1-2H3,(H,19,20);2*1H. The number of hydrogen-bond donors (Lipinski definition) is 3. The SMILES string of the molecule is CC(C)(N)c1ccc(-c2ccc3[nH]ncc3c2CO)cc1.Cl.Cl. The molecule has 0 amide bonds. The van der Waals surface area contributed by atoms with E-state index in [-0.39, 0.29) is 37.0 Å². The summed E-state index contributed by atoms with van der Waals surface area (Å²) in [5.41, 5.74) is 10.7. The number of aromatic nitrogens is 2. The van der Waals surface area contributed by atoms with Crippen molar-refractivity contribution in [2.45, 2.75) is 26.0 Å². The van der Waals surface area contributed by atoms with Crippen LogP contribution in [0.15, 0.2) is 42.6 Å². The zero-order chi connectivity index (χ0) is 15.0. The molecular formula is C17H21Cl2N3O. The van der Waals surface area contributed by atoms with Crippen LogP contribution in [0.2, 0.25) is 0 Å². The van der Waals surface area contributed by atoms with Crippen LogP contribution in [0.1, 0.15) is 25.0 Å². The lowest BCUT2D eigenvalue weighted by Gasteiger charge is -2.19. The van der Waals surface area contributed by atoms with Crippen molar-refractivity contribution in [2.75, 3.05) is 0 Å². The lowest BCUT2D eigenvalue weighted by Crippen LogP contribution is -2.28. The van der Waals surface area contributed by atoms with E-state index in [1.54, 1.807) is 6.20 Å². The zero-order valence-corrected chi connectivity index (χ0v) is 14.7. The molecule has 3 aromatic rings. The minimum atomic E-state index is -0.354. The van der Waals surface area contributed by atoms with Gasteiger partial charge in [0.15, 0.2) is 0 Å². The second-order valence-electron chi connectivity index (χ2n) is 5.88. The molecule has 0 saturated carbocycles. The van der Waals surface area contributed by atoms with Crippen LogP contribution in [0.5, 0.6) is 0 Å². The number of aliphatic hydroxyl groups is 1. The van der Waals surface area contributed by atoms with Crippen LogP contribution < -0.4 is 5.73 Å². The number of aliphatic hydroxyl groups excluding tert-OH is 1. The third kappa shape index (κ3) is 3.67. The van der Waals surface area contributed by atoms with E-state index in [2.05, 4.69) is 10.2 Å². The van der Waals surface area contributed by atoms with Gasteiger partial charge in [0.1, 0.15) is 0 Å². The molecule has 0 atom stereocenters. The number of benzene rings is 2. The number of nitrogens with two attached hydrogens (primary N) is 1. The highest BCUT2D eigenvalue weighted by Gasteiger charge is 2.15. The zero-order valence-electron chi connectivity index (χ0n) is 13.0. The first-order chi connectivity index (χ1) is 10.0.